The quantitative estimate of drug-likeness (QED) is 0.403. The zero-order valence-electron chi connectivity index (χ0n) is 9.39. The van der Waals surface area contributed by atoms with Gasteiger partial charge in [-0.3, -0.25) is 4.98 Å². The summed E-state index contributed by atoms with van der Waals surface area (Å²) in [5.41, 5.74) is 1.27. The molecule has 0 bridgehead atoms. The van der Waals surface area contributed by atoms with Gasteiger partial charge in [-0.1, -0.05) is 0 Å². The van der Waals surface area contributed by atoms with Crippen molar-refractivity contribution in [3.05, 3.63) is 23.0 Å². The van der Waals surface area contributed by atoms with Crippen molar-refractivity contribution < 1.29 is 34.6 Å². The van der Waals surface area contributed by atoms with E-state index in [4.69, 9.17) is 29.5 Å². The minimum Gasteiger partial charge on any atom is -0.506 e. The first-order valence-corrected chi connectivity index (χ1v) is 5.93. The molecular formula is C8H15ClNO7P. The summed E-state index contributed by atoms with van der Waals surface area (Å²) in [4.78, 5) is 25.4. The first kappa shape index (κ1) is 19.6. The van der Waals surface area contributed by atoms with Gasteiger partial charge in [-0.15, -0.1) is 12.4 Å². The van der Waals surface area contributed by atoms with Crippen LogP contribution in [-0.4, -0.2) is 35.0 Å². The van der Waals surface area contributed by atoms with Gasteiger partial charge >= 0.3 is 7.82 Å². The average molecular weight is 304 g/mol. The van der Waals surface area contributed by atoms with Gasteiger partial charge in [0.25, 0.3) is 0 Å². The molecule has 0 aliphatic rings. The second-order valence-corrected chi connectivity index (χ2v) is 4.05. The van der Waals surface area contributed by atoms with Crippen molar-refractivity contribution in [2.45, 2.75) is 20.1 Å². The predicted octanol–water partition coefficient (Wildman–Crippen LogP) is -0.427. The first-order valence-electron chi connectivity index (χ1n) is 4.37. The molecule has 1 aromatic heterocycles. The fourth-order valence-electron chi connectivity index (χ4n) is 0.997. The van der Waals surface area contributed by atoms with Gasteiger partial charge in [0.05, 0.1) is 18.9 Å². The molecule has 10 heteroatoms. The molecule has 0 aliphatic heterocycles. The van der Waals surface area contributed by atoms with E-state index < -0.39 is 7.82 Å². The highest BCUT2D eigenvalue weighted by molar-refractivity contribution is 7.45. The standard InChI is InChI=1S/C8H11NO3.ClH.H3O4P/c1-5-8(12)7(4-11)6(3-10)2-9-5;;1-5(2,3)4/h2,10-12H,3-4H2,1H3;1H;(H3,1,2,3,4). The van der Waals surface area contributed by atoms with Crippen molar-refractivity contribution >= 4 is 20.2 Å². The zero-order valence-corrected chi connectivity index (χ0v) is 11.1. The van der Waals surface area contributed by atoms with Crippen molar-refractivity contribution in [3.63, 3.8) is 0 Å². The monoisotopic (exact) mass is 303 g/mol. The number of rotatable bonds is 2. The van der Waals surface area contributed by atoms with Crippen LogP contribution in [0, 0.1) is 6.92 Å². The molecule has 0 spiro atoms. The molecule has 0 aliphatic carbocycles. The molecule has 6 N–H and O–H groups in total. The van der Waals surface area contributed by atoms with E-state index in [-0.39, 0.29) is 31.4 Å². The highest BCUT2D eigenvalue weighted by Crippen LogP contribution is 2.25. The van der Waals surface area contributed by atoms with Gasteiger partial charge in [-0.05, 0) is 6.92 Å². The Morgan fingerprint density at radius 2 is 1.67 bits per heavy atom. The summed E-state index contributed by atoms with van der Waals surface area (Å²) in [6, 6.07) is 0. The molecule has 1 rings (SSSR count). The van der Waals surface area contributed by atoms with Crippen LogP contribution in [-0.2, 0) is 17.8 Å². The largest absolute Gasteiger partial charge is 0.506 e. The lowest BCUT2D eigenvalue weighted by Crippen LogP contribution is -1.98. The van der Waals surface area contributed by atoms with E-state index in [1.165, 1.54) is 6.20 Å². The number of nitrogens with zero attached hydrogens (tertiary/aromatic N) is 1. The van der Waals surface area contributed by atoms with Gasteiger partial charge in [0.2, 0.25) is 0 Å². The van der Waals surface area contributed by atoms with E-state index >= 15 is 0 Å². The van der Waals surface area contributed by atoms with Crippen molar-refractivity contribution in [3.8, 4) is 5.75 Å². The Labute approximate surface area is 109 Å². The summed E-state index contributed by atoms with van der Waals surface area (Å²) in [5.74, 6) is -0.0379. The van der Waals surface area contributed by atoms with Crippen LogP contribution < -0.4 is 0 Å². The minimum atomic E-state index is -4.64. The summed E-state index contributed by atoms with van der Waals surface area (Å²) >= 11 is 0. The molecule has 0 unspecified atom stereocenters. The lowest BCUT2D eigenvalue weighted by Gasteiger charge is -2.07. The molecule has 0 aromatic carbocycles. The van der Waals surface area contributed by atoms with Crippen LogP contribution in [0.15, 0.2) is 6.20 Å². The van der Waals surface area contributed by atoms with Crippen molar-refractivity contribution in [1.82, 2.24) is 4.98 Å². The number of aliphatic hydroxyl groups is 2. The highest BCUT2D eigenvalue weighted by Gasteiger charge is 2.09. The Morgan fingerprint density at radius 1 is 1.22 bits per heavy atom. The zero-order chi connectivity index (χ0) is 13.6. The van der Waals surface area contributed by atoms with Crippen molar-refractivity contribution in [1.29, 1.82) is 0 Å². The Hall–Kier alpha value is -0.730. The molecule has 0 saturated heterocycles. The third kappa shape index (κ3) is 7.57. The summed E-state index contributed by atoms with van der Waals surface area (Å²) < 4.78 is 8.88. The molecule has 106 valence electrons. The van der Waals surface area contributed by atoms with Gasteiger partial charge in [-0.2, -0.15) is 0 Å². The second-order valence-electron chi connectivity index (χ2n) is 3.03. The number of aliphatic hydroxyl groups excluding tert-OH is 2. The Kier molecular flexibility index (Phi) is 9.13. The van der Waals surface area contributed by atoms with Crippen LogP contribution >= 0.6 is 20.2 Å². The SMILES string of the molecule is Cc1ncc(CO)c(CO)c1O.Cl.O=P(O)(O)O. The van der Waals surface area contributed by atoms with Crippen molar-refractivity contribution in [2.24, 2.45) is 0 Å². The van der Waals surface area contributed by atoms with E-state index in [0.717, 1.165) is 0 Å². The lowest BCUT2D eigenvalue weighted by molar-refractivity contribution is 0.254. The van der Waals surface area contributed by atoms with E-state index in [2.05, 4.69) is 4.98 Å². The maximum absolute atomic E-state index is 9.38. The molecule has 1 aromatic rings. The summed E-state index contributed by atoms with van der Waals surface area (Å²) in [5, 5.41) is 27.0. The summed E-state index contributed by atoms with van der Waals surface area (Å²) in [7, 11) is -4.64. The molecule has 8 nitrogen and oxygen atoms in total. The molecular weight excluding hydrogens is 289 g/mol. The average Bonchev–Trinajstić information content (AvgIpc) is 2.19. The third-order valence-electron chi connectivity index (χ3n) is 1.76. The summed E-state index contributed by atoms with van der Waals surface area (Å²) in [6.45, 7) is 1.12. The normalized spacial score (nSPS) is 10.1. The smallest absolute Gasteiger partial charge is 0.466 e. The van der Waals surface area contributed by atoms with Crippen LogP contribution in [0.4, 0.5) is 0 Å². The van der Waals surface area contributed by atoms with Gasteiger partial charge in [0, 0.05) is 17.3 Å². The second kappa shape index (κ2) is 8.39. The number of hydrogen-bond donors (Lipinski definition) is 6. The number of aromatic nitrogens is 1. The summed E-state index contributed by atoms with van der Waals surface area (Å²) in [6.07, 6.45) is 1.45. The number of aromatic hydroxyl groups is 1. The van der Waals surface area contributed by atoms with Crippen LogP contribution in [0.1, 0.15) is 16.8 Å². The van der Waals surface area contributed by atoms with E-state index in [0.29, 0.717) is 16.8 Å². The molecule has 0 saturated carbocycles. The van der Waals surface area contributed by atoms with Crippen molar-refractivity contribution in [2.75, 3.05) is 0 Å². The molecule has 18 heavy (non-hydrogen) atoms. The molecule has 0 atom stereocenters. The lowest BCUT2D eigenvalue weighted by atomic mass is 10.1. The molecule has 0 fully saturated rings. The fraction of sp³-hybridized carbons (Fsp3) is 0.375. The molecule has 0 amide bonds. The third-order valence-corrected chi connectivity index (χ3v) is 1.76. The van der Waals surface area contributed by atoms with Crippen LogP contribution in [0.2, 0.25) is 0 Å². The Morgan fingerprint density at radius 3 is 2.00 bits per heavy atom. The maximum atomic E-state index is 9.38. The van der Waals surface area contributed by atoms with E-state index in [1.807, 2.05) is 0 Å². The van der Waals surface area contributed by atoms with E-state index in [1.54, 1.807) is 6.92 Å². The Bertz CT molecular complexity index is 414. The fourth-order valence-corrected chi connectivity index (χ4v) is 0.997. The van der Waals surface area contributed by atoms with Crippen LogP contribution in [0.5, 0.6) is 5.75 Å². The number of aryl methyl sites for hydroxylation is 1. The molecule has 1 heterocycles. The number of halogens is 1. The van der Waals surface area contributed by atoms with Gasteiger partial charge < -0.3 is 30.0 Å². The van der Waals surface area contributed by atoms with Crippen LogP contribution in [0.25, 0.3) is 0 Å². The maximum Gasteiger partial charge on any atom is 0.466 e. The number of pyridine rings is 1. The van der Waals surface area contributed by atoms with E-state index in [9.17, 15) is 5.11 Å². The van der Waals surface area contributed by atoms with Crippen LogP contribution in [0.3, 0.4) is 0 Å². The number of phosphoric acid groups is 1. The minimum absolute atomic E-state index is 0. The highest BCUT2D eigenvalue weighted by atomic mass is 35.5. The van der Waals surface area contributed by atoms with Gasteiger partial charge in [-0.25, -0.2) is 4.57 Å². The predicted molar refractivity (Wildman–Crippen MR) is 64.0 cm³/mol. The Balaban J connectivity index is 0. The number of hydrogen-bond acceptors (Lipinski definition) is 5. The van der Waals surface area contributed by atoms with Gasteiger partial charge in [0.15, 0.2) is 0 Å². The topological polar surface area (TPSA) is 151 Å². The first-order chi connectivity index (χ1) is 7.70. The van der Waals surface area contributed by atoms with Gasteiger partial charge in [0.1, 0.15) is 5.75 Å². The molecule has 0 radical (unpaired) electrons.